The zero-order chi connectivity index (χ0) is 17.9. The van der Waals surface area contributed by atoms with Crippen molar-refractivity contribution in [1.82, 2.24) is 25.0 Å². The number of aromatic amines is 1. The van der Waals surface area contributed by atoms with E-state index in [1.807, 2.05) is 0 Å². The van der Waals surface area contributed by atoms with E-state index in [-0.39, 0.29) is 5.92 Å². The van der Waals surface area contributed by atoms with E-state index in [1.165, 1.54) is 11.1 Å². The first-order chi connectivity index (χ1) is 12.7. The molecule has 1 N–H and O–H groups in total. The Morgan fingerprint density at radius 3 is 2.96 bits per heavy atom. The molecule has 2 heterocycles. The monoisotopic (exact) mass is 353 g/mol. The minimum atomic E-state index is 0.0548. The minimum absolute atomic E-state index is 0.0548. The van der Waals surface area contributed by atoms with Gasteiger partial charge in [-0.3, -0.25) is 14.8 Å². The maximum atomic E-state index is 13.1. The van der Waals surface area contributed by atoms with Gasteiger partial charge in [-0.25, -0.2) is 4.98 Å². The van der Waals surface area contributed by atoms with Crippen LogP contribution in [-0.2, 0) is 24.2 Å². The fourth-order valence-corrected chi connectivity index (χ4v) is 4.16. The molecule has 1 aromatic carbocycles. The first-order valence-corrected chi connectivity index (χ1v) is 9.73. The van der Waals surface area contributed by atoms with Crippen LogP contribution < -0.4 is 0 Å². The Hall–Kier alpha value is -2.21. The second-order valence-corrected chi connectivity index (χ2v) is 7.30. The van der Waals surface area contributed by atoms with Crippen LogP contribution in [0.3, 0.4) is 0 Å². The van der Waals surface area contributed by atoms with Gasteiger partial charge in [0.2, 0.25) is 5.91 Å². The van der Waals surface area contributed by atoms with Gasteiger partial charge in [-0.1, -0.05) is 31.2 Å². The van der Waals surface area contributed by atoms with E-state index in [1.54, 1.807) is 0 Å². The van der Waals surface area contributed by atoms with Gasteiger partial charge >= 0.3 is 0 Å². The molecule has 6 nitrogen and oxygen atoms in total. The van der Waals surface area contributed by atoms with Crippen molar-refractivity contribution < 1.29 is 4.79 Å². The van der Waals surface area contributed by atoms with Crippen LogP contribution in [0.2, 0.25) is 0 Å². The molecular formula is C20H27N5O. The number of nitrogens with one attached hydrogen (secondary N) is 1. The minimum Gasteiger partial charge on any atom is -0.341 e. The lowest BCUT2D eigenvalue weighted by molar-refractivity contribution is -0.132. The molecule has 2 aromatic rings. The third-order valence-electron chi connectivity index (χ3n) is 5.60. The average Bonchev–Trinajstić information content (AvgIpc) is 3.23. The molecule has 0 bridgehead atoms. The number of carbonyl (C=O) groups is 1. The van der Waals surface area contributed by atoms with Gasteiger partial charge in [-0.2, -0.15) is 5.10 Å². The molecule has 1 aliphatic carbocycles. The number of H-pyrrole nitrogens is 1. The number of nitrogens with zero attached hydrogens (tertiary/aromatic N) is 4. The molecule has 1 atom stereocenters. The van der Waals surface area contributed by atoms with Crippen LogP contribution in [0.1, 0.15) is 48.5 Å². The van der Waals surface area contributed by atoms with E-state index in [9.17, 15) is 4.79 Å². The Balaban J connectivity index is 1.37. The number of hydrogen-bond donors (Lipinski definition) is 1. The van der Waals surface area contributed by atoms with Gasteiger partial charge in [0.25, 0.3) is 0 Å². The summed E-state index contributed by atoms with van der Waals surface area (Å²) in [6, 6.07) is 8.42. The first kappa shape index (κ1) is 17.2. The number of aryl methyl sites for hydroxylation is 2. The maximum absolute atomic E-state index is 13.1. The molecule has 1 unspecified atom stereocenters. The lowest BCUT2D eigenvalue weighted by atomic mass is 10.00. The van der Waals surface area contributed by atoms with Gasteiger partial charge in [0.05, 0.1) is 12.5 Å². The zero-order valence-electron chi connectivity index (χ0n) is 15.4. The molecule has 6 heteroatoms. The predicted molar refractivity (Wildman–Crippen MR) is 99.7 cm³/mol. The van der Waals surface area contributed by atoms with Crippen LogP contribution in [0.5, 0.6) is 0 Å². The summed E-state index contributed by atoms with van der Waals surface area (Å²) in [7, 11) is 0. The van der Waals surface area contributed by atoms with Gasteiger partial charge in [0.15, 0.2) is 0 Å². The van der Waals surface area contributed by atoms with Gasteiger partial charge in [0.1, 0.15) is 11.6 Å². The quantitative estimate of drug-likeness (QED) is 0.914. The standard InChI is InChI=1S/C20H27N5O/c1-2-18-21-19(23-22-18)14-24-10-5-11-25(13-12-24)20(26)17-9-8-15-6-3-4-7-16(15)17/h3-4,6-7,17H,2,5,8-14H2,1H3,(H,21,22,23). The lowest BCUT2D eigenvalue weighted by Crippen LogP contribution is -2.37. The summed E-state index contributed by atoms with van der Waals surface area (Å²) in [5, 5.41) is 7.24. The summed E-state index contributed by atoms with van der Waals surface area (Å²) in [4.78, 5) is 22.1. The van der Waals surface area contributed by atoms with Crippen LogP contribution in [0.25, 0.3) is 0 Å². The Labute approximate surface area is 154 Å². The molecule has 2 aliphatic rings. The normalized spacial score (nSPS) is 20.8. The van der Waals surface area contributed by atoms with E-state index < -0.39 is 0 Å². The van der Waals surface area contributed by atoms with Crippen LogP contribution in [0.15, 0.2) is 24.3 Å². The third kappa shape index (κ3) is 3.51. The van der Waals surface area contributed by atoms with Crippen molar-refractivity contribution in [3.8, 4) is 0 Å². The Morgan fingerprint density at radius 1 is 1.23 bits per heavy atom. The molecule has 0 spiro atoms. The summed E-state index contributed by atoms with van der Waals surface area (Å²) in [6.07, 6.45) is 3.84. The largest absolute Gasteiger partial charge is 0.341 e. The number of hydrogen-bond acceptors (Lipinski definition) is 4. The average molecular weight is 353 g/mol. The Morgan fingerprint density at radius 2 is 2.12 bits per heavy atom. The smallest absolute Gasteiger partial charge is 0.230 e. The first-order valence-electron chi connectivity index (χ1n) is 9.73. The zero-order valence-corrected chi connectivity index (χ0v) is 15.4. The van der Waals surface area contributed by atoms with Crippen molar-refractivity contribution in [2.24, 2.45) is 0 Å². The number of aromatic nitrogens is 3. The van der Waals surface area contributed by atoms with Crippen molar-refractivity contribution in [3.63, 3.8) is 0 Å². The van der Waals surface area contributed by atoms with Gasteiger partial charge in [-0.15, -0.1) is 0 Å². The number of benzene rings is 1. The van der Waals surface area contributed by atoms with Crippen molar-refractivity contribution in [1.29, 1.82) is 0 Å². The highest BCUT2D eigenvalue weighted by Crippen LogP contribution is 2.34. The Kier molecular flexibility index (Phi) is 5.02. The number of fused-ring (bicyclic) bond motifs is 1. The molecule has 1 aliphatic heterocycles. The molecule has 0 saturated carbocycles. The molecule has 138 valence electrons. The molecule has 1 fully saturated rings. The van der Waals surface area contributed by atoms with E-state index in [4.69, 9.17) is 0 Å². The van der Waals surface area contributed by atoms with Gasteiger partial charge in [-0.05, 0) is 30.4 Å². The third-order valence-corrected chi connectivity index (χ3v) is 5.60. The molecule has 26 heavy (non-hydrogen) atoms. The number of amides is 1. The summed E-state index contributed by atoms with van der Waals surface area (Å²) < 4.78 is 0. The van der Waals surface area contributed by atoms with E-state index in [0.717, 1.165) is 70.1 Å². The molecular weight excluding hydrogens is 326 g/mol. The van der Waals surface area contributed by atoms with Crippen molar-refractivity contribution in [3.05, 3.63) is 47.0 Å². The molecule has 1 amide bonds. The summed E-state index contributed by atoms with van der Waals surface area (Å²) in [6.45, 7) is 6.37. The highest BCUT2D eigenvalue weighted by molar-refractivity contribution is 5.85. The Bertz CT molecular complexity index is 771. The van der Waals surface area contributed by atoms with Crippen molar-refractivity contribution in [2.75, 3.05) is 26.2 Å². The predicted octanol–water partition coefficient (Wildman–Crippen LogP) is 2.13. The topological polar surface area (TPSA) is 65.1 Å². The van der Waals surface area contributed by atoms with Crippen LogP contribution in [0.4, 0.5) is 0 Å². The summed E-state index contributed by atoms with van der Waals surface area (Å²) in [5.41, 5.74) is 2.59. The molecule has 1 aromatic heterocycles. The second-order valence-electron chi connectivity index (χ2n) is 7.30. The SMILES string of the molecule is CCc1n[nH]c(CN2CCCN(C(=O)C3CCc4ccccc43)CC2)n1. The highest BCUT2D eigenvalue weighted by Gasteiger charge is 2.32. The maximum Gasteiger partial charge on any atom is 0.230 e. The van der Waals surface area contributed by atoms with E-state index in [0.29, 0.717) is 5.91 Å². The second kappa shape index (κ2) is 7.58. The van der Waals surface area contributed by atoms with E-state index in [2.05, 4.69) is 56.2 Å². The van der Waals surface area contributed by atoms with Crippen LogP contribution in [0, 0.1) is 0 Å². The van der Waals surface area contributed by atoms with Crippen molar-refractivity contribution >= 4 is 5.91 Å². The van der Waals surface area contributed by atoms with Crippen LogP contribution >= 0.6 is 0 Å². The number of carbonyl (C=O) groups excluding carboxylic acids is 1. The van der Waals surface area contributed by atoms with Crippen molar-refractivity contribution in [2.45, 2.75) is 45.1 Å². The van der Waals surface area contributed by atoms with Gasteiger partial charge < -0.3 is 4.90 Å². The summed E-state index contributed by atoms with van der Waals surface area (Å²) in [5.74, 6) is 2.15. The number of rotatable bonds is 4. The van der Waals surface area contributed by atoms with Gasteiger partial charge in [0, 0.05) is 32.6 Å². The van der Waals surface area contributed by atoms with E-state index >= 15 is 0 Å². The fourth-order valence-electron chi connectivity index (χ4n) is 4.16. The molecule has 1 saturated heterocycles. The lowest BCUT2D eigenvalue weighted by Gasteiger charge is -2.25. The fraction of sp³-hybridized carbons (Fsp3) is 0.550. The highest BCUT2D eigenvalue weighted by atomic mass is 16.2. The van der Waals surface area contributed by atoms with Crippen LogP contribution in [-0.4, -0.2) is 57.1 Å². The molecule has 0 radical (unpaired) electrons. The summed E-state index contributed by atoms with van der Waals surface area (Å²) >= 11 is 0. The molecule has 4 rings (SSSR count).